The summed E-state index contributed by atoms with van der Waals surface area (Å²) < 4.78 is 28.5. The second-order valence-electron chi connectivity index (χ2n) is 4.81. The standard InChI is InChI=1S/C15H14INO4S/c1-9-7-11(15(18)19)8-14(10(9)2)22(20,21)17-13-6-4-3-5-12(13)16/h3-8,17H,1-2H3,(H,18,19). The Labute approximate surface area is 142 Å². The lowest BCUT2D eigenvalue weighted by Gasteiger charge is -2.14. The van der Waals surface area contributed by atoms with Gasteiger partial charge in [0.25, 0.3) is 10.0 Å². The van der Waals surface area contributed by atoms with Crippen LogP contribution < -0.4 is 4.72 Å². The molecular weight excluding hydrogens is 417 g/mol. The van der Waals surface area contributed by atoms with E-state index in [1.165, 1.54) is 12.1 Å². The summed E-state index contributed by atoms with van der Waals surface area (Å²) in [7, 11) is -3.86. The van der Waals surface area contributed by atoms with Gasteiger partial charge in [0.2, 0.25) is 0 Å². The highest BCUT2D eigenvalue weighted by Crippen LogP contribution is 2.25. The first kappa shape index (κ1) is 16.8. The molecule has 22 heavy (non-hydrogen) atoms. The van der Waals surface area contributed by atoms with E-state index in [-0.39, 0.29) is 10.5 Å². The van der Waals surface area contributed by atoms with Gasteiger partial charge in [0, 0.05) is 3.57 Å². The van der Waals surface area contributed by atoms with E-state index in [1.807, 2.05) is 22.6 Å². The van der Waals surface area contributed by atoms with Crippen molar-refractivity contribution in [3.05, 3.63) is 56.7 Å². The molecule has 0 aromatic heterocycles. The zero-order valence-electron chi connectivity index (χ0n) is 11.9. The van der Waals surface area contributed by atoms with E-state index in [2.05, 4.69) is 4.72 Å². The van der Waals surface area contributed by atoms with E-state index >= 15 is 0 Å². The molecule has 7 heteroatoms. The number of para-hydroxylation sites is 1. The summed E-state index contributed by atoms with van der Waals surface area (Å²) >= 11 is 2.03. The highest BCUT2D eigenvalue weighted by Gasteiger charge is 2.21. The summed E-state index contributed by atoms with van der Waals surface area (Å²) in [5.74, 6) is -1.16. The molecule has 0 atom stereocenters. The lowest BCUT2D eigenvalue weighted by molar-refractivity contribution is 0.0696. The first-order valence-corrected chi connectivity index (χ1v) is 8.90. The predicted molar refractivity (Wildman–Crippen MR) is 92.8 cm³/mol. The third-order valence-corrected chi connectivity index (χ3v) is 5.71. The number of hydrogen-bond donors (Lipinski definition) is 2. The molecule has 0 saturated heterocycles. The largest absolute Gasteiger partial charge is 0.478 e. The Kier molecular flexibility index (Phi) is 4.76. The van der Waals surface area contributed by atoms with Crippen molar-refractivity contribution >= 4 is 44.3 Å². The number of hydrogen-bond acceptors (Lipinski definition) is 3. The van der Waals surface area contributed by atoms with Crippen LogP contribution in [0.3, 0.4) is 0 Å². The fourth-order valence-electron chi connectivity index (χ4n) is 1.97. The number of rotatable bonds is 4. The molecule has 2 N–H and O–H groups in total. The van der Waals surface area contributed by atoms with Crippen molar-refractivity contribution in [2.45, 2.75) is 18.7 Å². The van der Waals surface area contributed by atoms with Gasteiger partial charge in [0.15, 0.2) is 0 Å². The second-order valence-corrected chi connectivity index (χ2v) is 7.62. The Balaban J connectivity index is 2.54. The minimum atomic E-state index is -3.86. The summed E-state index contributed by atoms with van der Waals surface area (Å²) in [6.45, 7) is 3.35. The number of sulfonamides is 1. The number of carboxylic acid groups (broad SMARTS) is 1. The summed E-state index contributed by atoms with van der Waals surface area (Å²) in [5.41, 5.74) is 1.55. The number of carboxylic acids is 1. The molecule has 0 aliphatic rings. The maximum absolute atomic E-state index is 12.6. The van der Waals surface area contributed by atoms with E-state index < -0.39 is 16.0 Å². The molecule has 2 aromatic rings. The molecule has 0 saturated carbocycles. The average Bonchev–Trinajstić information content (AvgIpc) is 2.43. The highest BCUT2D eigenvalue weighted by atomic mass is 127. The van der Waals surface area contributed by atoms with E-state index in [0.29, 0.717) is 16.8 Å². The van der Waals surface area contributed by atoms with E-state index in [9.17, 15) is 13.2 Å². The Morgan fingerprint density at radius 2 is 1.82 bits per heavy atom. The molecular formula is C15H14INO4S. The van der Waals surface area contributed by atoms with E-state index in [4.69, 9.17) is 5.11 Å². The zero-order chi connectivity index (χ0) is 16.5. The molecule has 0 aliphatic carbocycles. The van der Waals surface area contributed by atoms with Crippen LogP contribution in [0.15, 0.2) is 41.3 Å². The maximum atomic E-state index is 12.6. The Bertz CT molecular complexity index is 847. The topological polar surface area (TPSA) is 83.5 Å². The summed E-state index contributed by atoms with van der Waals surface area (Å²) in [6, 6.07) is 9.62. The van der Waals surface area contributed by atoms with E-state index in [0.717, 1.165) is 3.57 Å². The van der Waals surface area contributed by atoms with Crippen LogP contribution >= 0.6 is 22.6 Å². The van der Waals surface area contributed by atoms with Gasteiger partial charge in [-0.2, -0.15) is 0 Å². The normalized spacial score (nSPS) is 11.2. The SMILES string of the molecule is Cc1cc(C(=O)O)cc(S(=O)(=O)Nc2ccccc2I)c1C. The van der Waals surface area contributed by atoms with Crippen LogP contribution in [0, 0.1) is 17.4 Å². The number of halogens is 1. The number of aryl methyl sites for hydroxylation is 1. The third-order valence-electron chi connectivity index (χ3n) is 3.27. The van der Waals surface area contributed by atoms with Gasteiger partial charge in [0.05, 0.1) is 16.1 Å². The summed E-state index contributed by atoms with van der Waals surface area (Å²) in [4.78, 5) is 11.1. The zero-order valence-corrected chi connectivity index (χ0v) is 14.9. The van der Waals surface area contributed by atoms with Crippen LogP contribution in [0.4, 0.5) is 5.69 Å². The van der Waals surface area contributed by atoms with Crippen molar-refractivity contribution < 1.29 is 18.3 Å². The lowest BCUT2D eigenvalue weighted by atomic mass is 10.1. The molecule has 116 valence electrons. The summed E-state index contributed by atoms with van der Waals surface area (Å²) in [6.07, 6.45) is 0. The van der Waals surface area contributed by atoms with Crippen molar-refractivity contribution in [1.82, 2.24) is 0 Å². The molecule has 0 spiro atoms. The van der Waals surface area contributed by atoms with Crippen LogP contribution in [0.1, 0.15) is 21.5 Å². The van der Waals surface area contributed by atoms with E-state index in [1.54, 1.807) is 38.1 Å². The van der Waals surface area contributed by atoms with Crippen molar-refractivity contribution in [2.24, 2.45) is 0 Å². The molecule has 0 radical (unpaired) electrons. The molecule has 0 bridgehead atoms. The van der Waals surface area contributed by atoms with Crippen LogP contribution in [-0.4, -0.2) is 19.5 Å². The third kappa shape index (κ3) is 3.41. The number of benzene rings is 2. The minimum absolute atomic E-state index is 0.0236. The van der Waals surface area contributed by atoms with Crippen molar-refractivity contribution in [3.8, 4) is 0 Å². The van der Waals surface area contributed by atoms with Crippen LogP contribution in [0.25, 0.3) is 0 Å². The van der Waals surface area contributed by atoms with Gasteiger partial charge in [-0.25, -0.2) is 13.2 Å². The molecule has 2 rings (SSSR count). The molecule has 0 fully saturated rings. The quantitative estimate of drug-likeness (QED) is 0.727. The first-order chi connectivity index (χ1) is 10.2. The van der Waals surface area contributed by atoms with Gasteiger partial charge in [-0.05, 0) is 71.8 Å². The first-order valence-electron chi connectivity index (χ1n) is 6.34. The van der Waals surface area contributed by atoms with Crippen molar-refractivity contribution in [1.29, 1.82) is 0 Å². The van der Waals surface area contributed by atoms with Crippen LogP contribution in [0.2, 0.25) is 0 Å². The van der Waals surface area contributed by atoms with Crippen LogP contribution in [-0.2, 0) is 10.0 Å². The molecule has 2 aromatic carbocycles. The monoisotopic (exact) mass is 431 g/mol. The van der Waals surface area contributed by atoms with Gasteiger partial charge >= 0.3 is 5.97 Å². The number of aromatic carboxylic acids is 1. The molecule has 0 unspecified atom stereocenters. The molecule has 0 heterocycles. The van der Waals surface area contributed by atoms with Crippen molar-refractivity contribution in [2.75, 3.05) is 4.72 Å². The lowest BCUT2D eigenvalue weighted by Crippen LogP contribution is -2.16. The Hall–Kier alpha value is -1.61. The van der Waals surface area contributed by atoms with Crippen LogP contribution in [0.5, 0.6) is 0 Å². The van der Waals surface area contributed by atoms with Gasteiger partial charge in [0.1, 0.15) is 0 Å². The minimum Gasteiger partial charge on any atom is -0.478 e. The predicted octanol–water partition coefficient (Wildman–Crippen LogP) is 3.41. The number of carbonyl (C=O) groups is 1. The summed E-state index contributed by atoms with van der Waals surface area (Å²) in [5, 5.41) is 9.11. The fourth-order valence-corrected chi connectivity index (χ4v) is 4.10. The Morgan fingerprint density at radius 1 is 1.18 bits per heavy atom. The maximum Gasteiger partial charge on any atom is 0.335 e. The van der Waals surface area contributed by atoms with Crippen molar-refractivity contribution in [3.63, 3.8) is 0 Å². The highest BCUT2D eigenvalue weighted by molar-refractivity contribution is 14.1. The number of anilines is 1. The fraction of sp³-hybridized carbons (Fsp3) is 0.133. The smallest absolute Gasteiger partial charge is 0.335 e. The number of nitrogens with one attached hydrogen (secondary N) is 1. The second kappa shape index (κ2) is 6.25. The van der Waals surface area contributed by atoms with Gasteiger partial charge in [-0.15, -0.1) is 0 Å². The van der Waals surface area contributed by atoms with Gasteiger partial charge in [-0.1, -0.05) is 12.1 Å². The van der Waals surface area contributed by atoms with Gasteiger partial charge in [-0.3, -0.25) is 4.72 Å². The molecule has 5 nitrogen and oxygen atoms in total. The molecule has 0 amide bonds. The van der Waals surface area contributed by atoms with Gasteiger partial charge < -0.3 is 5.11 Å². The molecule has 0 aliphatic heterocycles. The average molecular weight is 431 g/mol. The Morgan fingerprint density at radius 3 is 2.41 bits per heavy atom.